The second-order valence-electron chi connectivity index (χ2n) is 3.87. The highest BCUT2D eigenvalue weighted by atomic mass is 16.4. The molecule has 0 saturated carbocycles. The molecular weight excluding hydrogens is 202 g/mol. The van der Waals surface area contributed by atoms with E-state index in [1.54, 1.807) is 0 Å². The number of carboxylic acids is 1. The first-order chi connectivity index (χ1) is 7.60. The Bertz CT molecular complexity index is 341. The Kier molecular flexibility index (Phi) is 4.50. The molecule has 0 aliphatic heterocycles. The SMILES string of the molecule is CCN(CC)C(C(=O)O)c1ccc(C)cc1. The number of benzene rings is 1. The summed E-state index contributed by atoms with van der Waals surface area (Å²) in [6.07, 6.45) is 0. The molecule has 1 atom stereocenters. The van der Waals surface area contributed by atoms with E-state index in [2.05, 4.69) is 0 Å². The summed E-state index contributed by atoms with van der Waals surface area (Å²) in [5.41, 5.74) is 1.99. The summed E-state index contributed by atoms with van der Waals surface area (Å²) >= 11 is 0. The van der Waals surface area contributed by atoms with Gasteiger partial charge < -0.3 is 5.11 Å². The Morgan fingerprint density at radius 1 is 1.25 bits per heavy atom. The fourth-order valence-corrected chi connectivity index (χ4v) is 1.85. The fourth-order valence-electron chi connectivity index (χ4n) is 1.85. The molecule has 0 heterocycles. The molecule has 1 rings (SSSR count). The van der Waals surface area contributed by atoms with Crippen molar-refractivity contribution >= 4 is 5.97 Å². The van der Waals surface area contributed by atoms with Gasteiger partial charge in [0, 0.05) is 0 Å². The van der Waals surface area contributed by atoms with Crippen molar-refractivity contribution in [2.75, 3.05) is 13.1 Å². The van der Waals surface area contributed by atoms with Crippen molar-refractivity contribution in [2.24, 2.45) is 0 Å². The van der Waals surface area contributed by atoms with Gasteiger partial charge in [0.05, 0.1) is 0 Å². The third-order valence-electron chi connectivity index (χ3n) is 2.80. The molecule has 1 N–H and O–H groups in total. The lowest BCUT2D eigenvalue weighted by Gasteiger charge is -2.26. The van der Waals surface area contributed by atoms with Gasteiger partial charge in [-0.05, 0) is 25.6 Å². The third-order valence-corrected chi connectivity index (χ3v) is 2.80. The highest BCUT2D eigenvalue weighted by Gasteiger charge is 2.24. The van der Waals surface area contributed by atoms with Crippen LogP contribution in [0.5, 0.6) is 0 Å². The van der Waals surface area contributed by atoms with E-state index in [0.717, 1.165) is 24.2 Å². The van der Waals surface area contributed by atoms with Crippen molar-refractivity contribution in [3.8, 4) is 0 Å². The summed E-state index contributed by atoms with van der Waals surface area (Å²) in [4.78, 5) is 13.2. The Balaban J connectivity index is 3.02. The van der Waals surface area contributed by atoms with Crippen LogP contribution in [-0.2, 0) is 4.79 Å². The van der Waals surface area contributed by atoms with Crippen molar-refractivity contribution in [3.05, 3.63) is 35.4 Å². The van der Waals surface area contributed by atoms with Gasteiger partial charge in [0.2, 0.25) is 0 Å². The summed E-state index contributed by atoms with van der Waals surface area (Å²) in [6, 6.07) is 7.16. The molecule has 3 heteroatoms. The monoisotopic (exact) mass is 221 g/mol. The Labute approximate surface area is 96.7 Å². The van der Waals surface area contributed by atoms with E-state index in [1.807, 2.05) is 49.9 Å². The minimum Gasteiger partial charge on any atom is -0.480 e. The van der Waals surface area contributed by atoms with Crippen molar-refractivity contribution in [1.29, 1.82) is 0 Å². The maximum absolute atomic E-state index is 11.3. The van der Waals surface area contributed by atoms with Crippen LogP contribution in [0.2, 0.25) is 0 Å². The van der Waals surface area contributed by atoms with Crippen LogP contribution in [0.3, 0.4) is 0 Å². The number of hydrogen-bond acceptors (Lipinski definition) is 2. The van der Waals surface area contributed by atoms with Gasteiger partial charge in [0.25, 0.3) is 0 Å². The molecule has 0 radical (unpaired) electrons. The van der Waals surface area contributed by atoms with Gasteiger partial charge >= 0.3 is 5.97 Å². The maximum atomic E-state index is 11.3. The fraction of sp³-hybridized carbons (Fsp3) is 0.462. The first-order valence-corrected chi connectivity index (χ1v) is 5.63. The van der Waals surface area contributed by atoms with Crippen molar-refractivity contribution in [1.82, 2.24) is 4.90 Å². The number of aliphatic carboxylic acids is 1. The molecule has 0 bridgehead atoms. The molecule has 16 heavy (non-hydrogen) atoms. The van der Waals surface area contributed by atoms with Crippen LogP contribution in [0, 0.1) is 6.92 Å². The lowest BCUT2D eigenvalue weighted by Crippen LogP contribution is -2.33. The van der Waals surface area contributed by atoms with Crippen LogP contribution in [0.25, 0.3) is 0 Å². The lowest BCUT2D eigenvalue weighted by molar-refractivity contribution is -0.143. The van der Waals surface area contributed by atoms with E-state index in [1.165, 1.54) is 0 Å². The number of aryl methyl sites for hydroxylation is 1. The molecule has 1 unspecified atom stereocenters. The summed E-state index contributed by atoms with van der Waals surface area (Å²) in [6.45, 7) is 7.43. The van der Waals surface area contributed by atoms with Gasteiger partial charge in [0.1, 0.15) is 6.04 Å². The van der Waals surface area contributed by atoms with E-state index in [-0.39, 0.29) is 0 Å². The molecule has 0 spiro atoms. The van der Waals surface area contributed by atoms with E-state index in [9.17, 15) is 9.90 Å². The Morgan fingerprint density at radius 3 is 2.12 bits per heavy atom. The summed E-state index contributed by atoms with van der Waals surface area (Å²) in [5.74, 6) is -0.785. The van der Waals surface area contributed by atoms with Gasteiger partial charge in [0.15, 0.2) is 0 Å². The standard InChI is InChI=1S/C13H19NO2/c1-4-14(5-2)12(13(15)16)11-8-6-10(3)7-9-11/h6-9,12H,4-5H2,1-3H3,(H,15,16). The largest absolute Gasteiger partial charge is 0.480 e. The zero-order valence-corrected chi connectivity index (χ0v) is 10.1. The molecule has 0 aliphatic rings. The molecule has 0 saturated heterocycles. The molecule has 0 aliphatic carbocycles. The van der Waals surface area contributed by atoms with Crippen LogP contribution >= 0.6 is 0 Å². The van der Waals surface area contributed by atoms with Crippen LogP contribution in [-0.4, -0.2) is 29.1 Å². The maximum Gasteiger partial charge on any atom is 0.325 e. The summed E-state index contributed by atoms with van der Waals surface area (Å²) in [7, 11) is 0. The summed E-state index contributed by atoms with van der Waals surface area (Å²) < 4.78 is 0. The first kappa shape index (κ1) is 12.7. The average Bonchev–Trinajstić information content (AvgIpc) is 2.27. The second-order valence-corrected chi connectivity index (χ2v) is 3.87. The minimum absolute atomic E-state index is 0.532. The predicted octanol–water partition coefficient (Wildman–Crippen LogP) is 2.46. The van der Waals surface area contributed by atoms with Crippen molar-refractivity contribution in [3.63, 3.8) is 0 Å². The van der Waals surface area contributed by atoms with Crippen LogP contribution < -0.4 is 0 Å². The molecule has 88 valence electrons. The molecule has 3 nitrogen and oxygen atoms in total. The average molecular weight is 221 g/mol. The number of carbonyl (C=O) groups is 1. The lowest BCUT2D eigenvalue weighted by atomic mass is 10.0. The van der Waals surface area contributed by atoms with Gasteiger partial charge in [-0.15, -0.1) is 0 Å². The predicted molar refractivity (Wildman–Crippen MR) is 64.5 cm³/mol. The Hall–Kier alpha value is -1.35. The zero-order valence-electron chi connectivity index (χ0n) is 10.1. The van der Waals surface area contributed by atoms with Gasteiger partial charge in [-0.1, -0.05) is 43.7 Å². The third kappa shape index (κ3) is 2.83. The molecule has 1 aromatic carbocycles. The quantitative estimate of drug-likeness (QED) is 0.830. The van der Waals surface area contributed by atoms with E-state index >= 15 is 0 Å². The number of carboxylic acid groups (broad SMARTS) is 1. The van der Waals surface area contributed by atoms with Gasteiger partial charge in [-0.3, -0.25) is 9.69 Å². The molecule has 0 aromatic heterocycles. The normalized spacial score (nSPS) is 12.8. The topological polar surface area (TPSA) is 40.5 Å². The number of hydrogen-bond donors (Lipinski definition) is 1. The van der Waals surface area contributed by atoms with Gasteiger partial charge in [-0.2, -0.15) is 0 Å². The molecular formula is C13H19NO2. The summed E-state index contributed by atoms with van der Waals surface area (Å²) in [5, 5.41) is 9.29. The van der Waals surface area contributed by atoms with Crippen molar-refractivity contribution in [2.45, 2.75) is 26.8 Å². The van der Waals surface area contributed by atoms with Crippen LogP contribution in [0.1, 0.15) is 31.0 Å². The van der Waals surface area contributed by atoms with Crippen LogP contribution in [0.15, 0.2) is 24.3 Å². The zero-order chi connectivity index (χ0) is 12.1. The van der Waals surface area contributed by atoms with E-state index in [4.69, 9.17) is 0 Å². The van der Waals surface area contributed by atoms with Gasteiger partial charge in [-0.25, -0.2) is 0 Å². The Morgan fingerprint density at radius 2 is 1.75 bits per heavy atom. The smallest absolute Gasteiger partial charge is 0.325 e. The van der Waals surface area contributed by atoms with E-state index < -0.39 is 12.0 Å². The number of nitrogens with zero attached hydrogens (tertiary/aromatic N) is 1. The van der Waals surface area contributed by atoms with Crippen molar-refractivity contribution < 1.29 is 9.90 Å². The second kappa shape index (κ2) is 5.66. The van der Waals surface area contributed by atoms with Crippen LogP contribution in [0.4, 0.5) is 0 Å². The first-order valence-electron chi connectivity index (χ1n) is 5.63. The molecule has 1 aromatic rings. The highest BCUT2D eigenvalue weighted by Crippen LogP contribution is 2.21. The number of likely N-dealkylation sites (N-methyl/N-ethyl adjacent to an activating group) is 1. The molecule has 0 fully saturated rings. The number of rotatable bonds is 5. The highest BCUT2D eigenvalue weighted by molar-refractivity contribution is 5.75. The minimum atomic E-state index is -0.785. The molecule has 0 amide bonds. The van der Waals surface area contributed by atoms with E-state index in [0.29, 0.717) is 0 Å².